The molecule has 0 bridgehead atoms. The van der Waals surface area contributed by atoms with Gasteiger partial charge in [0.05, 0.1) is 12.1 Å². The van der Waals surface area contributed by atoms with Crippen molar-refractivity contribution in [2.75, 3.05) is 20.1 Å². The molecule has 0 saturated carbocycles. The molecule has 1 aromatic rings. The summed E-state index contributed by atoms with van der Waals surface area (Å²) in [6.07, 6.45) is 7.31. The molecule has 1 N–H and O–H groups in total. The Morgan fingerprint density at radius 3 is 2.89 bits per heavy atom. The molecular weight excluding hydrogens is 228 g/mol. The summed E-state index contributed by atoms with van der Waals surface area (Å²) in [5.41, 5.74) is 0. The van der Waals surface area contributed by atoms with Crippen LogP contribution in [0.4, 0.5) is 0 Å². The van der Waals surface area contributed by atoms with E-state index in [9.17, 15) is 0 Å². The lowest BCUT2D eigenvalue weighted by Crippen LogP contribution is -2.30. The van der Waals surface area contributed by atoms with Crippen LogP contribution in [-0.2, 0) is 0 Å². The molecule has 0 amide bonds. The predicted octanol–water partition coefficient (Wildman–Crippen LogP) is 2.04. The van der Waals surface area contributed by atoms with Gasteiger partial charge in [0.1, 0.15) is 0 Å². The van der Waals surface area contributed by atoms with Crippen LogP contribution in [0.5, 0.6) is 0 Å². The number of likely N-dealkylation sites (tertiary alicyclic amines) is 1. The van der Waals surface area contributed by atoms with Gasteiger partial charge in [0.15, 0.2) is 5.82 Å². The Kier molecular flexibility index (Phi) is 3.61. The number of hydrogen-bond acceptors (Lipinski definition) is 5. The largest absolute Gasteiger partial charge is 0.338 e. The van der Waals surface area contributed by atoms with Gasteiger partial charge in [0, 0.05) is 0 Å². The predicted molar refractivity (Wildman–Crippen MR) is 68.1 cm³/mol. The Morgan fingerprint density at radius 1 is 1.22 bits per heavy atom. The fraction of sp³-hybridized carbons (Fsp3) is 0.846. The molecule has 18 heavy (non-hydrogen) atoms. The molecule has 1 aromatic heterocycles. The second kappa shape index (κ2) is 5.36. The third-order valence-electron chi connectivity index (χ3n) is 4.13. The van der Waals surface area contributed by atoms with E-state index in [1.54, 1.807) is 0 Å². The summed E-state index contributed by atoms with van der Waals surface area (Å²) in [5.74, 6) is 1.66. The highest BCUT2D eigenvalue weighted by Gasteiger charge is 2.28. The maximum atomic E-state index is 5.48. The highest BCUT2D eigenvalue weighted by atomic mass is 16.5. The summed E-state index contributed by atoms with van der Waals surface area (Å²) in [6, 6.07) is 0.619. The van der Waals surface area contributed by atoms with Gasteiger partial charge in [-0.25, -0.2) is 0 Å². The molecule has 3 heterocycles. The Labute approximate surface area is 108 Å². The van der Waals surface area contributed by atoms with Gasteiger partial charge < -0.3 is 9.84 Å². The van der Waals surface area contributed by atoms with Gasteiger partial charge in [-0.2, -0.15) is 4.98 Å². The van der Waals surface area contributed by atoms with Gasteiger partial charge in [-0.3, -0.25) is 4.90 Å². The van der Waals surface area contributed by atoms with Gasteiger partial charge in [-0.15, -0.1) is 0 Å². The van der Waals surface area contributed by atoms with Crippen LogP contribution in [0, 0.1) is 0 Å². The molecule has 0 aromatic carbocycles. The number of nitrogens with one attached hydrogen (secondary N) is 1. The molecular formula is C13H22N4O. The summed E-state index contributed by atoms with van der Waals surface area (Å²) in [5, 5.41) is 7.64. The summed E-state index contributed by atoms with van der Waals surface area (Å²) in [4.78, 5) is 6.95. The highest BCUT2D eigenvalue weighted by molar-refractivity contribution is 4.99. The van der Waals surface area contributed by atoms with E-state index in [1.807, 2.05) is 0 Å². The quantitative estimate of drug-likeness (QED) is 0.870. The van der Waals surface area contributed by atoms with E-state index < -0.39 is 0 Å². The fourth-order valence-electron chi connectivity index (χ4n) is 2.98. The van der Waals surface area contributed by atoms with E-state index in [-0.39, 0.29) is 0 Å². The second-order valence-electron chi connectivity index (χ2n) is 5.49. The number of rotatable bonds is 2. The molecule has 2 atom stereocenters. The van der Waals surface area contributed by atoms with Crippen molar-refractivity contribution in [3.63, 3.8) is 0 Å². The monoisotopic (exact) mass is 250 g/mol. The van der Waals surface area contributed by atoms with E-state index in [2.05, 4.69) is 27.4 Å². The lowest BCUT2D eigenvalue weighted by molar-refractivity contribution is 0.150. The van der Waals surface area contributed by atoms with Crippen molar-refractivity contribution < 1.29 is 4.52 Å². The normalized spacial score (nSPS) is 30.5. The van der Waals surface area contributed by atoms with Gasteiger partial charge in [-0.05, 0) is 45.8 Å². The van der Waals surface area contributed by atoms with Gasteiger partial charge in [-0.1, -0.05) is 18.0 Å². The molecule has 5 heteroatoms. The molecule has 3 rings (SSSR count). The van der Waals surface area contributed by atoms with Gasteiger partial charge in [0.2, 0.25) is 5.89 Å². The molecule has 5 nitrogen and oxygen atoms in total. The Bertz CT molecular complexity index is 386. The van der Waals surface area contributed by atoms with Crippen molar-refractivity contribution in [3.8, 4) is 0 Å². The van der Waals surface area contributed by atoms with Crippen LogP contribution in [-0.4, -0.2) is 35.2 Å². The van der Waals surface area contributed by atoms with Gasteiger partial charge >= 0.3 is 0 Å². The first-order valence-electron chi connectivity index (χ1n) is 7.12. The van der Waals surface area contributed by atoms with Crippen molar-refractivity contribution in [2.24, 2.45) is 0 Å². The first-order valence-corrected chi connectivity index (χ1v) is 7.12. The molecule has 2 fully saturated rings. The van der Waals surface area contributed by atoms with Crippen LogP contribution in [0.15, 0.2) is 4.52 Å². The first kappa shape index (κ1) is 12.1. The highest BCUT2D eigenvalue weighted by Crippen LogP contribution is 2.29. The molecule has 0 radical (unpaired) electrons. The summed E-state index contributed by atoms with van der Waals surface area (Å²) >= 11 is 0. The van der Waals surface area contributed by atoms with Crippen LogP contribution >= 0.6 is 0 Å². The number of aromatic nitrogens is 2. The SMILES string of the molecule is CN1CCCCC1c1nc(C2CCCCN2)no1. The Balaban J connectivity index is 1.71. The zero-order valence-electron chi connectivity index (χ0n) is 11.1. The smallest absolute Gasteiger partial charge is 0.244 e. The van der Waals surface area contributed by atoms with Crippen molar-refractivity contribution in [1.29, 1.82) is 0 Å². The molecule has 2 unspecified atom stereocenters. The van der Waals surface area contributed by atoms with Crippen LogP contribution in [0.1, 0.15) is 62.3 Å². The summed E-state index contributed by atoms with van der Waals surface area (Å²) < 4.78 is 5.48. The lowest BCUT2D eigenvalue weighted by Gasteiger charge is -2.29. The third-order valence-corrected chi connectivity index (χ3v) is 4.13. The zero-order chi connectivity index (χ0) is 12.4. The fourth-order valence-corrected chi connectivity index (χ4v) is 2.98. The van der Waals surface area contributed by atoms with E-state index in [4.69, 9.17) is 4.52 Å². The second-order valence-corrected chi connectivity index (χ2v) is 5.49. The number of nitrogens with zero attached hydrogens (tertiary/aromatic N) is 3. The van der Waals surface area contributed by atoms with E-state index in [0.717, 1.165) is 37.6 Å². The van der Waals surface area contributed by atoms with Crippen LogP contribution in [0.25, 0.3) is 0 Å². The molecule has 100 valence electrons. The molecule has 0 spiro atoms. The van der Waals surface area contributed by atoms with Crippen molar-refractivity contribution in [2.45, 2.75) is 50.6 Å². The maximum Gasteiger partial charge on any atom is 0.244 e. The maximum absolute atomic E-state index is 5.48. The minimum Gasteiger partial charge on any atom is -0.338 e. The van der Waals surface area contributed by atoms with Crippen molar-refractivity contribution in [3.05, 3.63) is 11.7 Å². The minimum absolute atomic E-state index is 0.296. The van der Waals surface area contributed by atoms with Crippen LogP contribution in [0.2, 0.25) is 0 Å². The lowest BCUT2D eigenvalue weighted by atomic mass is 10.0. The molecule has 2 aliphatic rings. The van der Waals surface area contributed by atoms with Gasteiger partial charge in [0.25, 0.3) is 0 Å². The van der Waals surface area contributed by atoms with Crippen LogP contribution < -0.4 is 5.32 Å². The minimum atomic E-state index is 0.296. The number of hydrogen-bond donors (Lipinski definition) is 1. The standard InChI is InChI=1S/C13H22N4O/c1-17-9-5-3-7-11(17)13-15-12(16-18-13)10-6-2-4-8-14-10/h10-11,14H,2-9H2,1H3. The Hall–Kier alpha value is -0.940. The van der Waals surface area contributed by atoms with E-state index in [0.29, 0.717) is 12.1 Å². The zero-order valence-corrected chi connectivity index (χ0v) is 11.1. The first-order chi connectivity index (χ1) is 8.84. The summed E-state index contributed by atoms with van der Waals surface area (Å²) in [7, 11) is 2.15. The van der Waals surface area contributed by atoms with E-state index >= 15 is 0 Å². The van der Waals surface area contributed by atoms with Crippen molar-refractivity contribution >= 4 is 0 Å². The summed E-state index contributed by atoms with van der Waals surface area (Å²) in [6.45, 7) is 2.20. The topological polar surface area (TPSA) is 54.2 Å². The molecule has 2 saturated heterocycles. The van der Waals surface area contributed by atoms with E-state index in [1.165, 1.54) is 25.7 Å². The Morgan fingerprint density at radius 2 is 2.11 bits per heavy atom. The molecule has 2 aliphatic heterocycles. The molecule has 0 aliphatic carbocycles. The third kappa shape index (κ3) is 2.42. The average molecular weight is 250 g/mol. The van der Waals surface area contributed by atoms with Crippen LogP contribution in [0.3, 0.4) is 0 Å². The average Bonchev–Trinajstić information content (AvgIpc) is 2.90. The van der Waals surface area contributed by atoms with Crippen molar-refractivity contribution in [1.82, 2.24) is 20.4 Å². The number of piperidine rings is 2.